The Balaban J connectivity index is 1.68. The quantitative estimate of drug-likeness (QED) is 0.707. The number of halogens is 1. The smallest absolute Gasteiger partial charge is 0.337 e. The van der Waals surface area contributed by atoms with E-state index in [0.29, 0.717) is 17.5 Å². The number of anilines is 2. The third-order valence-corrected chi connectivity index (χ3v) is 5.18. The van der Waals surface area contributed by atoms with E-state index in [1.807, 2.05) is 11.9 Å². The summed E-state index contributed by atoms with van der Waals surface area (Å²) < 4.78 is 19.2. The normalized spacial score (nSPS) is 16.6. The Labute approximate surface area is 147 Å². The molecule has 2 aliphatic rings. The third-order valence-electron chi connectivity index (χ3n) is 5.18. The van der Waals surface area contributed by atoms with E-state index < -0.39 is 11.8 Å². The van der Waals surface area contributed by atoms with Gasteiger partial charge in [-0.3, -0.25) is 0 Å². The van der Waals surface area contributed by atoms with Gasteiger partial charge in [0, 0.05) is 12.7 Å². The SMILES string of the molecule is COC(=O)c1ccc(N(C)c2cc(C3CC3)cc(C3CC3)c2)c(F)c1. The summed E-state index contributed by atoms with van der Waals surface area (Å²) in [5.74, 6) is 0.379. The lowest BCUT2D eigenvalue weighted by Crippen LogP contribution is -2.13. The molecule has 2 aromatic rings. The molecule has 3 nitrogen and oxygen atoms in total. The van der Waals surface area contributed by atoms with Gasteiger partial charge < -0.3 is 9.64 Å². The molecule has 130 valence electrons. The molecule has 0 atom stereocenters. The number of esters is 1. The average molecular weight is 339 g/mol. The van der Waals surface area contributed by atoms with Gasteiger partial charge >= 0.3 is 5.97 Å². The maximum atomic E-state index is 14.6. The number of hydrogen-bond donors (Lipinski definition) is 0. The minimum atomic E-state index is -0.528. The van der Waals surface area contributed by atoms with Crippen molar-refractivity contribution in [3.05, 3.63) is 58.9 Å². The standard InChI is InChI=1S/C21H22FNO2/c1-23(20-8-7-15(12-19(20)22)21(24)25-2)18-10-16(13-3-4-13)9-17(11-18)14-5-6-14/h7-14H,3-6H2,1-2H3. The lowest BCUT2D eigenvalue weighted by Gasteiger charge is -2.22. The van der Waals surface area contributed by atoms with E-state index in [9.17, 15) is 9.18 Å². The van der Waals surface area contributed by atoms with Crippen LogP contribution in [-0.2, 0) is 4.74 Å². The van der Waals surface area contributed by atoms with Crippen molar-refractivity contribution in [1.29, 1.82) is 0 Å². The minimum absolute atomic E-state index is 0.225. The number of rotatable bonds is 5. The van der Waals surface area contributed by atoms with Crippen LogP contribution in [0.25, 0.3) is 0 Å². The van der Waals surface area contributed by atoms with Crippen molar-refractivity contribution < 1.29 is 13.9 Å². The first-order valence-electron chi connectivity index (χ1n) is 8.83. The van der Waals surface area contributed by atoms with E-state index in [1.165, 1.54) is 50.0 Å². The Morgan fingerprint density at radius 1 is 1.04 bits per heavy atom. The molecule has 0 N–H and O–H groups in total. The van der Waals surface area contributed by atoms with E-state index in [-0.39, 0.29) is 5.56 Å². The van der Waals surface area contributed by atoms with Crippen molar-refractivity contribution in [1.82, 2.24) is 0 Å². The van der Waals surface area contributed by atoms with Crippen LogP contribution in [0.15, 0.2) is 36.4 Å². The summed E-state index contributed by atoms with van der Waals surface area (Å²) in [6, 6.07) is 11.2. The zero-order valence-corrected chi connectivity index (χ0v) is 14.6. The summed E-state index contributed by atoms with van der Waals surface area (Å²) in [5.41, 5.74) is 4.44. The van der Waals surface area contributed by atoms with E-state index in [0.717, 1.165) is 5.69 Å². The van der Waals surface area contributed by atoms with Crippen molar-refractivity contribution in [2.75, 3.05) is 19.1 Å². The van der Waals surface area contributed by atoms with Gasteiger partial charge in [-0.05, 0) is 79.0 Å². The topological polar surface area (TPSA) is 29.5 Å². The molecule has 0 saturated heterocycles. The number of hydrogen-bond acceptors (Lipinski definition) is 3. The van der Waals surface area contributed by atoms with Gasteiger partial charge in [0.1, 0.15) is 5.82 Å². The second-order valence-electron chi connectivity index (χ2n) is 7.12. The summed E-state index contributed by atoms with van der Waals surface area (Å²) in [6.45, 7) is 0. The Morgan fingerprint density at radius 2 is 1.64 bits per heavy atom. The van der Waals surface area contributed by atoms with E-state index >= 15 is 0 Å². The number of methoxy groups -OCH3 is 1. The van der Waals surface area contributed by atoms with Crippen LogP contribution in [0.1, 0.15) is 59.0 Å². The highest BCUT2D eigenvalue weighted by molar-refractivity contribution is 5.90. The first kappa shape index (κ1) is 16.1. The number of carbonyl (C=O) groups is 1. The Hall–Kier alpha value is -2.36. The molecule has 0 heterocycles. The number of benzene rings is 2. The van der Waals surface area contributed by atoms with Crippen molar-refractivity contribution >= 4 is 17.3 Å². The number of ether oxygens (including phenoxy) is 1. The number of carbonyl (C=O) groups excluding carboxylic acids is 1. The molecule has 2 fully saturated rings. The van der Waals surface area contributed by atoms with Crippen molar-refractivity contribution in [2.45, 2.75) is 37.5 Å². The summed E-state index contributed by atoms with van der Waals surface area (Å²) in [4.78, 5) is 13.4. The zero-order valence-electron chi connectivity index (χ0n) is 14.6. The van der Waals surface area contributed by atoms with Gasteiger partial charge in [0.2, 0.25) is 0 Å². The van der Waals surface area contributed by atoms with Gasteiger partial charge in [0.15, 0.2) is 0 Å². The Bertz CT molecular complexity index is 794. The fraction of sp³-hybridized carbons (Fsp3) is 0.381. The molecule has 0 amide bonds. The molecule has 25 heavy (non-hydrogen) atoms. The van der Waals surface area contributed by atoms with Gasteiger partial charge in [0.25, 0.3) is 0 Å². The molecule has 0 unspecified atom stereocenters. The van der Waals surface area contributed by atoms with Gasteiger partial charge in [0.05, 0.1) is 18.4 Å². The molecule has 2 aliphatic carbocycles. The van der Waals surface area contributed by atoms with Crippen molar-refractivity contribution in [2.24, 2.45) is 0 Å². The van der Waals surface area contributed by atoms with Crippen molar-refractivity contribution in [3.8, 4) is 0 Å². The molecular formula is C21H22FNO2. The van der Waals surface area contributed by atoms with Crippen LogP contribution in [-0.4, -0.2) is 20.1 Å². The second-order valence-corrected chi connectivity index (χ2v) is 7.12. The van der Waals surface area contributed by atoms with Gasteiger partial charge in [-0.25, -0.2) is 9.18 Å². The van der Waals surface area contributed by atoms with Crippen LogP contribution in [0.4, 0.5) is 15.8 Å². The fourth-order valence-corrected chi connectivity index (χ4v) is 3.32. The molecule has 2 saturated carbocycles. The molecule has 4 rings (SSSR count). The molecular weight excluding hydrogens is 317 g/mol. The summed E-state index contributed by atoms with van der Waals surface area (Å²) in [5, 5.41) is 0. The summed E-state index contributed by atoms with van der Waals surface area (Å²) in [7, 11) is 3.17. The predicted octanol–water partition coefficient (Wildman–Crippen LogP) is 5.14. The second kappa shape index (κ2) is 6.17. The lowest BCUT2D eigenvalue weighted by molar-refractivity contribution is 0.0600. The highest BCUT2D eigenvalue weighted by Gasteiger charge is 2.29. The minimum Gasteiger partial charge on any atom is -0.465 e. The largest absolute Gasteiger partial charge is 0.465 e. The number of nitrogens with zero attached hydrogens (tertiary/aromatic N) is 1. The molecule has 0 radical (unpaired) electrons. The summed E-state index contributed by atoms with van der Waals surface area (Å²) >= 11 is 0. The fourth-order valence-electron chi connectivity index (χ4n) is 3.32. The molecule has 0 bridgehead atoms. The Morgan fingerprint density at radius 3 is 2.12 bits per heavy atom. The Kier molecular flexibility index (Phi) is 3.98. The van der Waals surface area contributed by atoms with Crippen LogP contribution in [0.3, 0.4) is 0 Å². The predicted molar refractivity (Wildman–Crippen MR) is 96.2 cm³/mol. The highest BCUT2D eigenvalue weighted by atomic mass is 19.1. The van der Waals surface area contributed by atoms with Crippen molar-refractivity contribution in [3.63, 3.8) is 0 Å². The first-order valence-corrected chi connectivity index (χ1v) is 8.83. The van der Waals surface area contributed by atoms with E-state index in [1.54, 1.807) is 12.1 Å². The van der Waals surface area contributed by atoms with Crippen LogP contribution >= 0.6 is 0 Å². The van der Waals surface area contributed by atoms with Gasteiger partial charge in [-0.15, -0.1) is 0 Å². The van der Waals surface area contributed by atoms with Crippen LogP contribution < -0.4 is 4.90 Å². The molecule has 0 spiro atoms. The molecule has 0 aromatic heterocycles. The zero-order chi connectivity index (χ0) is 17.6. The molecule has 0 aliphatic heterocycles. The maximum Gasteiger partial charge on any atom is 0.337 e. The molecule has 2 aromatic carbocycles. The monoisotopic (exact) mass is 339 g/mol. The van der Waals surface area contributed by atoms with Gasteiger partial charge in [-0.1, -0.05) is 6.07 Å². The van der Waals surface area contributed by atoms with Crippen LogP contribution in [0.5, 0.6) is 0 Å². The van der Waals surface area contributed by atoms with Gasteiger partial charge in [-0.2, -0.15) is 0 Å². The highest BCUT2D eigenvalue weighted by Crippen LogP contribution is 2.46. The third kappa shape index (κ3) is 3.26. The summed E-state index contributed by atoms with van der Waals surface area (Å²) in [6.07, 6.45) is 5.00. The molecule has 4 heteroatoms. The van der Waals surface area contributed by atoms with Crippen LogP contribution in [0.2, 0.25) is 0 Å². The van der Waals surface area contributed by atoms with Crippen LogP contribution in [0, 0.1) is 5.82 Å². The van der Waals surface area contributed by atoms with E-state index in [2.05, 4.69) is 22.9 Å². The average Bonchev–Trinajstić information content (AvgIpc) is 3.51. The lowest BCUT2D eigenvalue weighted by atomic mass is 10.0. The first-order chi connectivity index (χ1) is 12.1. The van der Waals surface area contributed by atoms with E-state index in [4.69, 9.17) is 0 Å². The maximum absolute atomic E-state index is 14.6.